The molecule has 1 aromatic rings. The number of hydrogen-bond donors (Lipinski definition) is 0. The number of carbonyl (C=O) groups is 1. The van der Waals surface area contributed by atoms with Gasteiger partial charge in [0, 0.05) is 16.0 Å². The fraction of sp³-hybridized carbons (Fsp3) is 0.417. The molecule has 0 fully saturated rings. The molecule has 0 saturated carbocycles. The first-order chi connectivity index (χ1) is 7.04. The van der Waals surface area contributed by atoms with Gasteiger partial charge in [0.1, 0.15) is 6.29 Å². The molecule has 1 nitrogen and oxygen atoms in total. The van der Waals surface area contributed by atoms with Gasteiger partial charge in [0.25, 0.3) is 0 Å². The maximum absolute atomic E-state index is 10.9. The second-order valence-corrected chi connectivity index (χ2v) is 4.83. The van der Waals surface area contributed by atoms with Crippen LogP contribution in [-0.4, -0.2) is 6.29 Å². The molecule has 3 heteroatoms. The number of hydrogen-bond acceptors (Lipinski definition) is 1. The van der Waals surface area contributed by atoms with Crippen LogP contribution in [0, 0.1) is 11.8 Å². The van der Waals surface area contributed by atoms with Gasteiger partial charge in [-0.05, 0) is 30.0 Å². The van der Waals surface area contributed by atoms with E-state index >= 15 is 0 Å². The first-order valence-corrected chi connectivity index (χ1v) is 5.69. The fourth-order valence-corrected chi connectivity index (χ4v) is 1.87. The molecule has 0 aliphatic rings. The van der Waals surface area contributed by atoms with Crippen molar-refractivity contribution in [2.75, 3.05) is 0 Å². The van der Waals surface area contributed by atoms with Gasteiger partial charge in [0.05, 0.1) is 0 Å². The van der Waals surface area contributed by atoms with Crippen molar-refractivity contribution in [2.45, 2.75) is 20.3 Å². The van der Waals surface area contributed by atoms with Crippen LogP contribution in [0.5, 0.6) is 0 Å². The first kappa shape index (κ1) is 12.5. The van der Waals surface area contributed by atoms with E-state index in [2.05, 4.69) is 0 Å². The van der Waals surface area contributed by atoms with Crippen molar-refractivity contribution in [1.29, 1.82) is 0 Å². The van der Waals surface area contributed by atoms with Crippen molar-refractivity contribution in [1.82, 2.24) is 0 Å². The van der Waals surface area contributed by atoms with Crippen LogP contribution >= 0.6 is 23.2 Å². The van der Waals surface area contributed by atoms with Crippen LogP contribution < -0.4 is 0 Å². The minimum absolute atomic E-state index is 0.0173. The van der Waals surface area contributed by atoms with Gasteiger partial charge in [-0.2, -0.15) is 0 Å². The van der Waals surface area contributed by atoms with E-state index in [9.17, 15) is 4.79 Å². The van der Waals surface area contributed by atoms with Crippen LogP contribution in [0.3, 0.4) is 0 Å². The zero-order chi connectivity index (χ0) is 11.4. The third kappa shape index (κ3) is 3.51. The highest BCUT2D eigenvalue weighted by Crippen LogP contribution is 2.24. The topological polar surface area (TPSA) is 17.1 Å². The van der Waals surface area contributed by atoms with Gasteiger partial charge < -0.3 is 4.79 Å². The standard InChI is InChI=1S/C12H14Cl2O/c1-8(2)10(7-15)5-9-3-4-11(13)6-12(9)14/h3-4,6-8,10H,5H2,1-2H3. The van der Waals surface area contributed by atoms with Crippen molar-refractivity contribution in [3.8, 4) is 0 Å². The molecular weight excluding hydrogens is 231 g/mol. The molecule has 1 unspecified atom stereocenters. The number of halogens is 2. The van der Waals surface area contributed by atoms with E-state index in [1.165, 1.54) is 0 Å². The number of rotatable bonds is 4. The van der Waals surface area contributed by atoms with E-state index in [4.69, 9.17) is 23.2 Å². The van der Waals surface area contributed by atoms with Crippen LogP contribution in [0.4, 0.5) is 0 Å². The van der Waals surface area contributed by atoms with Gasteiger partial charge in [-0.3, -0.25) is 0 Å². The van der Waals surface area contributed by atoms with Gasteiger partial charge >= 0.3 is 0 Å². The lowest BCUT2D eigenvalue weighted by Crippen LogP contribution is -2.13. The van der Waals surface area contributed by atoms with E-state index in [0.29, 0.717) is 22.4 Å². The Morgan fingerprint density at radius 1 is 1.33 bits per heavy atom. The quantitative estimate of drug-likeness (QED) is 0.732. The average molecular weight is 245 g/mol. The van der Waals surface area contributed by atoms with Gasteiger partial charge in [0.2, 0.25) is 0 Å². The molecule has 0 N–H and O–H groups in total. The molecule has 0 amide bonds. The Morgan fingerprint density at radius 3 is 2.47 bits per heavy atom. The van der Waals surface area contributed by atoms with Gasteiger partial charge in [-0.15, -0.1) is 0 Å². The predicted molar refractivity (Wildman–Crippen MR) is 64.6 cm³/mol. The number of benzene rings is 1. The van der Waals surface area contributed by atoms with Crippen LogP contribution in [0.15, 0.2) is 18.2 Å². The summed E-state index contributed by atoms with van der Waals surface area (Å²) in [4.78, 5) is 10.9. The summed E-state index contributed by atoms with van der Waals surface area (Å²) in [6.07, 6.45) is 1.67. The Hall–Kier alpha value is -0.530. The minimum Gasteiger partial charge on any atom is -0.303 e. The molecule has 0 heterocycles. The Morgan fingerprint density at radius 2 is 2.00 bits per heavy atom. The van der Waals surface area contributed by atoms with Crippen molar-refractivity contribution in [2.24, 2.45) is 11.8 Å². The van der Waals surface area contributed by atoms with Crippen LogP contribution in [-0.2, 0) is 11.2 Å². The van der Waals surface area contributed by atoms with Crippen LogP contribution in [0.1, 0.15) is 19.4 Å². The van der Waals surface area contributed by atoms with Crippen molar-refractivity contribution in [3.63, 3.8) is 0 Å². The summed E-state index contributed by atoms with van der Waals surface area (Å²) >= 11 is 11.8. The molecule has 0 bridgehead atoms. The molecule has 15 heavy (non-hydrogen) atoms. The van der Waals surface area contributed by atoms with Crippen molar-refractivity contribution < 1.29 is 4.79 Å². The smallest absolute Gasteiger partial charge is 0.123 e. The molecule has 0 aliphatic heterocycles. The summed E-state index contributed by atoms with van der Waals surface area (Å²) in [7, 11) is 0. The molecule has 0 aliphatic carbocycles. The fourth-order valence-electron chi connectivity index (χ4n) is 1.38. The zero-order valence-corrected chi connectivity index (χ0v) is 10.3. The summed E-state index contributed by atoms with van der Waals surface area (Å²) in [5.74, 6) is 0.345. The first-order valence-electron chi connectivity index (χ1n) is 4.93. The Labute approximate surface area is 100 Å². The summed E-state index contributed by atoms with van der Waals surface area (Å²) in [5.41, 5.74) is 0.979. The van der Waals surface area contributed by atoms with Crippen LogP contribution in [0.2, 0.25) is 10.0 Å². The lowest BCUT2D eigenvalue weighted by Gasteiger charge is -2.14. The largest absolute Gasteiger partial charge is 0.303 e. The van der Waals surface area contributed by atoms with E-state index in [0.717, 1.165) is 11.8 Å². The molecule has 0 spiro atoms. The zero-order valence-electron chi connectivity index (χ0n) is 8.84. The molecule has 0 saturated heterocycles. The normalized spacial score (nSPS) is 12.9. The van der Waals surface area contributed by atoms with Gasteiger partial charge in [0.15, 0.2) is 0 Å². The van der Waals surface area contributed by atoms with Crippen molar-refractivity contribution in [3.05, 3.63) is 33.8 Å². The average Bonchev–Trinajstić information content (AvgIpc) is 2.16. The summed E-state index contributed by atoms with van der Waals surface area (Å²) in [5, 5.41) is 1.26. The highest BCUT2D eigenvalue weighted by Gasteiger charge is 2.14. The van der Waals surface area contributed by atoms with Crippen molar-refractivity contribution >= 4 is 29.5 Å². The van der Waals surface area contributed by atoms with E-state index in [1.54, 1.807) is 12.1 Å². The number of carbonyl (C=O) groups excluding carboxylic acids is 1. The second-order valence-electron chi connectivity index (χ2n) is 3.98. The molecule has 82 valence electrons. The predicted octanol–water partition coefficient (Wildman–Crippen LogP) is 4.01. The molecule has 1 atom stereocenters. The highest BCUT2D eigenvalue weighted by molar-refractivity contribution is 6.35. The third-order valence-corrected chi connectivity index (χ3v) is 3.09. The Bertz CT molecular complexity index is 347. The summed E-state index contributed by atoms with van der Waals surface area (Å²) in [6, 6.07) is 5.38. The monoisotopic (exact) mass is 244 g/mol. The van der Waals surface area contributed by atoms with E-state index < -0.39 is 0 Å². The second kappa shape index (κ2) is 5.53. The Kier molecular flexibility index (Phi) is 4.62. The molecular formula is C12H14Cl2O. The minimum atomic E-state index is 0.0173. The molecule has 1 rings (SSSR count). The summed E-state index contributed by atoms with van der Waals surface area (Å²) in [6.45, 7) is 4.06. The third-order valence-electron chi connectivity index (χ3n) is 2.50. The number of aldehydes is 1. The van der Waals surface area contributed by atoms with E-state index in [-0.39, 0.29) is 5.92 Å². The SMILES string of the molecule is CC(C)C(C=O)Cc1ccc(Cl)cc1Cl. The molecule has 0 aromatic heterocycles. The van der Waals surface area contributed by atoms with Crippen LogP contribution in [0.25, 0.3) is 0 Å². The lowest BCUT2D eigenvalue weighted by molar-refractivity contribution is -0.112. The summed E-state index contributed by atoms with van der Waals surface area (Å²) < 4.78 is 0. The maximum Gasteiger partial charge on any atom is 0.123 e. The highest BCUT2D eigenvalue weighted by atomic mass is 35.5. The van der Waals surface area contributed by atoms with E-state index in [1.807, 2.05) is 19.9 Å². The lowest BCUT2D eigenvalue weighted by atomic mass is 9.90. The van der Waals surface area contributed by atoms with Gasteiger partial charge in [-0.25, -0.2) is 0 Å². The molecule has 0 radical (unpaired) electrons. The molecule has 1 aromatic carbocycles. The Balaban J connectivity index is 2.84. The van der Waals surface area contributed by atoms with Gasteiger partial charge in [-0.1, -0.05) is 43.1 Å². The maximum atomic E-state index is 10.9.